The Morgan fingerprint density at radius 1 is 1.28 bits per heavy atom. The van der Waals surface area contributed by atoms with Crippen LogP contribution >= 0.6 is 0 Å². The summed E-state index contributed by atoms with van der Waals surface area (Å²) in [5.74, 6) is 5.61. The molecule has 0 bridgehead atoms. The van der Waals surface area contributed by atoms with Gasteiger partial charge in [-0.15, -0.1) is 5.92 Å². The van der Waals surface area contributed by atoms with Gasteiger partial charge in [0.15, 0.2) is 11.2 Å². The first-order valence-corrected chi connectivity index (χ1v) is 11.4. The SMILES string of the molecule is CC#CCn1c(N2CCCC(N)C2)nc2c1c(=O)n(Cc1ccc(C#N)cn1)c(=O)n2CC(=O)OC. The number of hydrogen-bond donors (Lipinski definition) is 1. The number of carbonyl (C=O) groups excluding carboxylic acids is 1. The fourth-order valence-electron chi connectivity index (χ4n) is 4.24. The Morgan fingerprint density at radius 3 is 2.72 bits per heavy atom. The minimum atomic E-state index is -0.725. The Labute approximate surface area is 206 Å². The Hall–Kier alpha value is -4.42. The maximum absolute atomic E-state index is 13.7. The molecule has 0 saturated carbocycles. The quantitative estimate of drug-likeness (QED) is 0.365. The van der Waals surface area contributed by atoms with Gasteiger partial charge in [-0.05, 0) is 31.9 Å². The summed E-state index contributed by atoms with van der Waals surface area (Å²) < 4.78 is 8.60. The molecule has 0 aromatic carbocycles. The summed E-state index contributed by atoms with van der Waals surface area (Å²) in [5.41, 5.74) is 5.85. The van der Waals surface area contributed by atoms with Gasteiger partial charge in [0.2, 0.25) is 5.95 Å². The van der Waals surface area contributed by atoms with Gasteiger partial charge < -0.3 is 15.4 Å². The van der Waals surface area contributed by atoms with Gasteiger partial charge in [0.25, 0.3) is 5.56 Å². The zero-order valence-corrected chi connectivity index (χ0v) is 20.1. The number of aromatic nitrogens is 5. The molecular weight excluding hydrogens is 464 g/mol. The molecule has 1 aliphatic heterocycles. The van der Waals surface area contributed by atoms with E-state index in [0.717, 1.165) is 22.0 Å². The first-order chi connectivity index (χ1) is 17.4. The second kappa shape index (κ2) is 10.5. The molecule has 1 unspecified atom stereocenters. The number of pyridine rings is 1. The van der Waals surface area contributed by atoms with Crippen LogP contribution in [0.3, 0.4) is 0 Å². The molecule has 0 radical (unpaired) electrons. The van der Waals surface area contributed by atoms with Gasteiger partial charge in [-0.3, -0.25) is 28.3 Å². The number of rotatable bonds is 6. The van der Waals surface area contributed by atoms with Crippen LogP contribution in [0.15, 0.2) is 27.9 Å². The molecule has 2 N–H and O–H groups in total. The number of hydrogen-bond acceptors (Lipinski definition) is 9. The number of nitriles is 1. The highest BCUT2D eigenvalue weighted by Crippen LogP contribution is 2.23. The van der Waals surface area contributed by atoms with Gasteiger partial charge in [-0.1, -0.05) is 5.92 Å². The van der Waals surface area contributed by atoms with Crippen LogP contribution in [0.5, 0.6) is 0 Å². The smallest absolute Gasteiger partial charge is 0.333 e. The van der Waals surface area contributed by atoms with Crippen LogP contribution in [0, 0.1) is 23.2 Å². The Balaban J connectivity index is 1.97. The lowest BCUT2D eigenvalue weighted by atomic mass is 10.1. The molecule has 36 heavy (non-hydrogen) atoms. The molecule has 0 amide bonds. The first-order valence-electron chi connectivity index (χ1n) is 11.4. The predicted octanol–water partition coefficient (Wildman–Crippen LogP) is -0.202. The van der Waals surface area contributed by atoms with Crippen molar-refractivity contribution in [1.29, 1.82) is 5.26 Å². The third-order valence-corrected chi connectivity index (χ3v) is 6.04. The van der Waals surface area contributed by atoms with Crippen molar-refractivity contribution in [3.63, 3.8) is 0 Å². The van der Waals surface area contributed by atoms with E-state index in [2.05, 4.69) is 21.8 Å². The molecule has 4 heterocycles. The van der Waals surface area contributed by atoms with Crippen LogP contribution in [0.1, 0.15) is 31.0 Å². The summed E-state index contributed by atoms with van der Waals surface area (Å²) in [7, 11) is 1.22. The van der Waals surface area contributed by atoms with E-state index in [0.29, 0.717) is 30.3 Å². The fraction of sp³-hybridized carbons (Fsp3) is 0.417. The highest BCUT2D eigenvalue weighted by Gasteiger charge is 2.27. The second-order valence-electron chi connectivity index (χ2n) is 8.43. The molecule has 12 heteroatoms. The summed E-state index contributed by atoms with van der Waals surface area (Å²) in [6.07, 6.45) is 3.10. The van der Waals surface area contributed by atoms with E-state index in [4.69, 9.17) is 15.7 Å². The molecule has 3 aromatic rings. The molecule has 1 aliphatic rings. The zero-order chi connectivity index (χ0) is 25.8. The first kappa shape index (κ1) is 24.7. The van der Waals surface area contributed by atoms with Crippen molar-refractivity contribution in [3.05, 3.63) is 50.4 Å². The number of esters is 1. The Morgan fingerprint density at radius 2 is 2.08 bits per heavy atom. The summed E-state index contributed by atoms with van der Waals surface area (Å²) in [5, 5.41) is 9.02. The Kier molecular flexibility index (Phi) is 7.17. The molecule has 4 rings (SSSR count). The van der Waals surface area contributed by atoms with Gasteiger partial charge in [-0.2, -0.15) is 10.2 Å². The van der Waals surface area contributed by atoms with Crippen LogP contribution in [-0.2, 0) is 29.2 Å². The topological polar surface area (TPSA) is 154 Å². The van der Waals surface area contributed by atoms with Crippen LogP contribution in [0.4, 0.5) is 5.95 Å². The van der Waals surface area contributed by atoms with Gasteiger partial charge in [0.1, 0.15) is 12.6 Å². The van der Waals surface area contributed by atoms with Crippen molar-refractivity contribution in [3.8, 4) is 17.9 Å². The fourth-order valence-corrected chi connectivity index (χ4v) is 4.24. The summed E-state index contributed by atoms with van der Waals surface area (Å²) in [6.45, 7) is 2.48. The van der Waals surface area contributed by atoms with Crippen molar-refractivity contribution < 1.29 is 9.53 Å². The molecule has 186 valence electrons. The molecule has 0 aliphatic carbocycles. The Bertz CT molecular complexity index is 1510. The minimum absolute atomic E-state index is 0.0550. The maximum Gasteiger partial charge on any atom is 0.333 e. The van der Waals surface area contributed by atoms with Gasteiger partial charge in [0, 0.05) is 25.3 Å². The number of carbonyl (C=O) groups is 1. The number of nitrogens with two attached hydrogens (primary N) is 1. The molecule has 3 aromatic heterocycles. The van der Waals surface area contributed by atoms with E-state index >= 15 is 0 Å². The molecule has 0 spiro atoms. The number of piperidine rings is 1. The van der Waals surface area contributed by atoms with Crippen LogP contribution in [0.2, 0.25) is 0 Å². The van der Waals surface area contributed by atoms with E-state index in [1.165, 1.54) is 13.3 Å². The van der Waals surface area contributed by atoms with Crippen LogP contribution in [-0.4, -0.2) is 55.9 Å². The van der Waals surface area contributed by atoms with Gasteiger partial charge in [0.05, 0.1) is 31.5 Å². The summed E-state index contributed by atoms with van der Waals surface area (Å²) in [6, 6.07) is 5.05. The minimum Gasteiger partial charge on any atom is -0.468 e. The number of methoxy groups -OCH3 is 1. The number of anilines is 1. The molecule has 1 atom stereocenters. The standard InChI is InChI=1S/C24H26N8O4/c1-3-4-10-30-20-21(28-23(30)29-9-5-6-17(26)13-29)31(15-19(33)36-2)24(35)32(22(20)34)14-18-8-7-16(11-25)12-27-18/h7-8,12,17H,5-6,9-10,13-15,26H2,1-2H3. The lowest BCUT2D eigenvalue weighted by Gasteiger charge is -2.31. The number of ether oxygens (including phenoxy) is 1. The average molecular weight is 491 g/mol. The molecule has 12 nitrogen and oxygen atoms in total. The largest absolute Gasteiger partial charge is 0.468 e. The molecule has 1 saturated heterocycles. The number of imidazole rings is 1. The van der Waals surface area contributed by atoms with E-state index in [9.17, 15) is 14.4 Å². The number of fused-ring (bicyclic) bond motifs is 1. The summed E-state index contributed by atoms with van der Waals surface area (Å²) >= 11 is 0. The van der Waals surface area contributed by atoms with Crippen molar-refractivity contribution in [1.82, 2.24) is 23.7 Å². The van der Waals surface area contributed by atoms with Crippen molar-refractivity contribution >= 4 is 23.1 Å². The molecule has 1 fully saturated rings. The van der Waals surface area contributed by atoms with Gasteiger partial charge >= 0.3 is 11.7 Å². The van der Waals surface area contributed by atoms with E-state index < -0.39 is 23.8 Å². The zero-order valence-electron chi connectivity index (χ0n) is 20.1. The third-order valence-electron chi connectivity index (χ3n) is 6.04. The van der Waals surface area contributed by atoms with Crippen molar-refractivity contribution in [2.75, 3.05) is 25.1 Å². The maximum atomic E-state index is 13.7. The predicted molar refractivity (Wildman–Crippen MR) is 131 cm³/mol. The van der Waals surface area contributed by atoms with Crippen LogP contribution < -0.4 is 21.9 Å². The van der Waals surface area contributed by atoms with Crippen LogP contribution in [0.25, 0.3) is 11.2 Å². The van der Waals surface area contributed by atoms with E-state index in [1.807, 2.05) is 11.0 Å². The van der Waals surface area contributed by atoms with Gasteiger partial charge in [-0.25, -0.2) is 4.79 Å². The highest BCUT2D eigenvalue weighted by atomic mass is 16.5. The second-order valence-corrected chi connectivity index (χ2v) is 8.43. The highest BCUT2D eigenvalue weighted by molar-refractivity contribution is 5.77. The lowest BCUT2D eigenvalue weighted by molar-refractivity contribution is -0.141. The van der Waals surface area contributed by atoms with E-state index in [-0.39, 0.29) is 30.3 Å². The third kappa shape index (κ3) is 4.72. The van der Waals surface area contributed by atoms with Crippen molar-refractivity contribution in [2.24, 2.45) is 5.73 Å². The lowest BCUT2D eigenvalue weighted by Crippen LogP contribution is -2.44. The average Bonchev–Trinajstić information content (AvgIpc) is 3.27. The normalized spacial score (nSPS) is 15.3. The van der Waals surface area contributed by atoms with Crippen molar-refractivity contribution in [2.45, 2.75) is 45.4 Å². The van der Waals surface area contributed by atoms with E-state index in [1.54, 1.807) is 23.6 Å². The summed E-state index contributed by atoms with van der Waals surface area (Å²) in [4.78, 5) is 50.2. The monoisotopic (exact) mass is 490 g/mol. The number of nitrogens with zero attached hydrogens (tertiary/aromatic N) is 7. The molecular formula is C24H26N8O4.